The molecule has 1 aromatic carbocycles. The second-order valence-electron chi connectivity index (χ2n) is 7.04. The minimum atomic E-state index is -0.159. The number of benzene rings is 1. The van der Waals surface area contributed by atoms with Gasteiger partial charge in [-0.3, -0.25) is 19.1 Å². The molecule has 0 aliphatic rings. The molecule has 2 aromatic heterocycles. The zero-order valence-electron chi connectivity index (χ0n) is 16.7. The fourth-order valence-electron chi connectivity index (χ4n) is 3.30. The van der Waals surface area contributed by atoms with E-state index >= 15 is 0 Å². The topological polar surface area (TPSA) is 59.7 Å². The van der Waals surface area contributed by atoms with Gasteiger partial charge < -0.3 is 4.74 Å². The van der Waals surface area contributed by atoms with E-state index in [2.05, 4.69) is 42.6 Å². The van der Waals surface area contributed by atoms with Crippen molar-refractivity contribution in [1.29, 1.82) is 0 Å². The summed E-state index contributed by atoms with van der Waals surface area (Å²) in [5.41, 5.74) is 1.58. The third kappa shape index (κ3) is 4.77. The lowest BCUT2D eigenvalue weighted by molar-refractivity contribution is 0.140. The van der Waals surface area contributed by atoms with Gasteiger partial charge in [-0.25, -0.2) is 0 Å². The summed E-state index contributed by atoms with van der Waals surface area (Å²) in [5, 5.41) is 0. The summed E-state index contributed by atoms with van der Waals surface area (Å²) in [6, 6.07) is 10.4. The number of aromatic nitrogens is 3. The molecule has 7 heteroatoms. The van der Waals surface area contributed by atoms with Crippen LogP contribution in [0.5, 0.6) is 5.88 Å². The van der Waals surface area contributed by atoms with E-state index in [4.69, 9.17) is 4.74 Å². The van der Waals surface area contributed by atoms with Gasteiger partial charge in [0.25, 0.3) is 5.56 Å². The Kier molecular flexibility index (Phi) is 7.71. The second kappa shape index (κ2) is 9.80. The number of rotatable bonds is 7. The number of fused-ring (bicyclic) bond motifs is 1. The van der Waals surface area contributed by atoms with Crippen LogP contribution in [0.1, 0.15) is 27.7 Å². The first kappa shape index (κ1) is 22.0. The molecular formula is C21H27BrN4O2. The summed E-state index contributed by atoms with van der Waals surface area (Å²) in [6.45, 7) is 9.89. The van der Waals surface area contributed by atoms with Crippen LogP contribution in [-0.4, -0.2) is 44.5 Å². The molecule has 0 atom stereocenters. The average molecular weight is 447 g/mol. The van der Waals surface area contributed by atoms with Crippen molar-refractivity contribution in [3.05, 3.63) is 59.3 Å². The molecule has 0 aliphatic heterocycles. The maximum atomic E-state index is 13.1. The van der Waals surface area contributed by atoms with Crippen LogP contribution in [0.2, 0.25) is 0 Å². The Morgan fingerprint density at radius 3 is 2.43 bits per heavy atom. The lowest BCUT2D eigenvalue weighted by Gasteiger charge is -2.30. The number of hydrogen-bond donors (Lipinski definition) is 0. The lowest BCUT2D eigenvalue weighted by atomic mass is 10.1. The van der Waals surface area contributed by atoms with E-state index in [9.17, 15) is 4.79 Å². The fourth-order valence-corrected chi connectivity index (χ4v) is 3.30. The summed E-state index contributed by atoms with van der Waals surface area (Å²) >= 11 is 0. The van der Waals surface area contributed by atoms with Crippen LogP contribution in [0.4, 0.5) is 0 Å². The van der Waals surface area contributed by atoms with Crippen LogP contribution in [0.25, 0.3) is 16.8 Å². The monoisotopic (exact) mass is 446 g/mol. The van der Waals surface area contributed by atoms with E-state index in [1.807, 2.05) is 30.3 Å². The van der Waals surface area contributed by atoms with Crippen molar-refractivity contribution in [2.24, 2.45) is 0 Å². The highest BCUT2D eigenvalue weighted by Crippen LogP contribution is 2.25. The maximum Gasteiger partial charge on any atom is 0.269 e. The van der Waals surface area contributed by atoms with Gasteiger partial charge in [0, 0.05) is 31.0 Å². The van der Waals surface area contributed by atoms with Gasteiger partial charge in [0.1, 0.15) is 12.2 Å². The van der Waals surface area contributed by atoms with E-state index in [1.165, 1.54) is 4.40 Å². The average Bonchev–Trinajstić information content (AvgIpc) is 2.65. The maximum absolute atomic E-state index is 13.1. The Bertz CT molecular complexity index is 950. The zero-order valence-corrected chi connectivity index (χ0v) is 18.4. The SMILES string of the molecule is Br.CC(C)N(CCOc1nc2cnccn2c(=O)c1-c1ccccc1)C(C)C. The van der Waals surface area contributed by atoms with E-state index in [0.717, 1.165) is 12.1 Å². The van der Waals surface area contributed by atoms with Crippen LogP contribution < -0.4 is 10.3 Å². The summed E-state index contributed by atoms with van der Waals surface area (Å²) in [4.78, 5) is 24.0. The van der Waals surface area contributed by atoms with Gasteiger partial charge in [0.2, 0.25) is 5.88 Å². The molecule has 0 aliphatic carbocycles. The molecule has 0 unspecified atom stereocenters. The lowest BCUT2D eigenvalue weighted by Crippen LogP contribution is -2.39. The van der Waals surface area contributed by atoms with Crippen LogP contribution in [0, 0.1) is 0 Å². The summed E-state index contributed by atoms with van der Waals surface area (Å²) in [5.74, 6) is 0.353. The van der Waals surface area contributed by atoms with Crippen molar-refractivity contribution in [2.45, 2.75) is 39.8 Å². The van der Waals surface area contributed by atoms with Gasteiger partial charge in [-0.2, -0.15) is 4.98 Å². The molecule has 0 fully saturated rings. The number of hydrogen-bond acceptors (Lipinski definition) is 5. The van der Waals surface area contributed by atoms with E-state index in [1.54, 1.807) is 18.6 Å². The Balaban J connectivity index is 0.00000280. The zero-order chi connectivity index (χ0) is 19.4. The molecule has 0 amide bonds. The van der Waals surface area contributed by atoms with Crippen molar-refractivity contribution in [2.75, 3.05) is 13.2 Å². The summed E-state index contributed by atoms with van der Waals surface area (Å²) < 4.78 is 7.51. The molecule has 0 N–H and O–H groups in total. The van der Waals surface area contributed by atoms with Crippen LogP contribution in [0.3, 0.4) is 0 Å². The van der Waals surface area contributed by atoms with Gasteiger partial charge in [0.05, 0.1) is 6.20 Å². The Hall–Kier alpha value is -2.25. The number of nitrogens with zero attached hydrogens (tertiary/aromatic N) is 4. The van der Waals surface area contributed by atoms with Gasteiger partial charge >= 0.3 is 0 Å². The predicted octanol–water partition coefficient (Wildman–Crippen LogP) is 3.83. The summed E-state index contributed by atoms with van der Waals surface area (Å²) in [6.07, 6.45) is 4.77. The molecule has 6 nitrogen and oxygen atoms in total. The highest BCUT2D eigenvalue weighted by atomic mass is 79.9. The van der Waals surface area contributed by atoms with Crippen LogP contribution in [-0.2, 0) is 0 Å². The molecule has 2 heterocycles. The molecule has 150 valence electrons. The van der Waals surface area contributed by atoms with Crippen molar-refractivity contribution in [3.8, 4) is 17.0 Å². The van der Waals surface area contributed by atoms with Gasteiger partial charge in [-0.05, 0) is 33.3 Å². The van der Waals surface area contributed by atoms with Crippen LogP contribution in [0.15, 0.2) is 53.7 Å². The van der Waals surface area contributed by atoms with Gasteiger partial charge in [-0.15, -0.1) is 17.0 Å². The third-order valence-electron chi connectivity index (χ3n) is 4.58. The standard InChI is InChI=1S/C21H26N4O2.BrH/c1-15(2)24(16(3)4)12-13-27-20-19(17-8-6-5-7-9-17)21(26)25-11-10-22-14-18(25)23-20;/h5-11,14-16H,12-13H2,1-4H3;1H. The number of ether oxygens (including phenoxy) is 1. The molecular weight excluding hydrogens is 420 g/mol. The van der Waals surface area contributed by atoms with Crippen molar-refractivity contribution in [1.82, 2.24) is 19.3 Å². The minimum absolute atomic E-state index is 0. The largest absolute Gasteiger partial charge is 0.476 e. The molecule has 28 heavy (non-hydrogen) atoms. The number of halogens is 1. The van der Waals surface area contributed by atoms with E-state index in [0.29, 0.717) is 35.8 Å². The molecule has 3 aromatic rings. The smallest absolute Gasteiger partial charge is 0.269 e. The first-order valence-electron chi connectivity index (χ1n) is 9.29. The first-order chi connectivity index (χ1) is 13.0. The van der Waals surface area contributed by atoms with E-state index < -0.39 is 0 Å². The Labute approximate surface area is 176 Å². The van der Waals surface area contributed by atoms with Crippen molar-refractivity contribution < 1.29 is 4.74 Å². The van der Waals surface area contributed by atoms with Crippen molar-refractivity contribution in [3.63, 3.8) is 0 Å². The quantitative estimate of drug-likeness (QED) is 0.551. The van der Waals surface area contributed by atoms with Gasteiger partial charge in [0.15, 0.2) is 5.65 Å². The molecule has 3 rings (SSSR count). The molecule has 0 bridgehead atoms. The molecule has 0 saturated carbocycles. The fraction of sp³-hybridized carbons (Fsp3) is 0.381. The van der Waals surface area contributed by atoms with Gasteiger partial charge in [-0.1, -0.05) is 30.3 Å². The normalized spacial score (nSPS) is 11.2. The molecule has 0 radical (unpaired) electrons. The Morgan fingerprint density at radius 1 is 1.11 bits per heavy atom. The summed E-state index contributed by atoms with van der Waals surface area (Å²) in [7, 11) is 0. The molecule has 0 spiro atoms. The Morgan fingerprint density at radius 2 is 1.79 bits per heavy atom. The van der Waals surface area contributed by atoms with E-state index in [-0.39, 0.29) is 22.5 Å². The van der Waals surface area contributed by atoms with Crippen molar-refractivity contribution >= 4 is 22.6 Å². The predicted molar refractivity (Wildman–Crippen MR) is 117 cm³/mol. The van der Waals surface area contributed by atoms with Crippen LogP contribution >= 0.6 is 17.0 Å². The highest BCUT2D eigenvalue weighted by molar-refractivity contribution is 8.93. The third-order valence-corrected chi connectivity index (χ3v) is 4.58. The molecule has 0 saturated heterocycles. The minimum Gasteiger partial charge on any atom is -0.476 e. The highest BCUT2D eigenvalue weighted by Gasteiger charge is 2.18. The first-order valence-corrected chi connectivity index (χ1v) is 9.29. The second-order valence-corrected chi connectivity index (χ2v) is 7.04.